The highest BCUT2D eigenvalue weighted by atomic mass is 79.9. The summed E-state index contributed by atoms with van der Waals surface area (Å²) in [6.07, 6.45) is 7.27. The molecule has 1 atom stereocenters. The van der Waals surface area contributed by atoms with E-state index in [0.29, 0.717) is 38.9 Å². The molecule has 1 aromatic heterocycles. The molecule has 1 amide bonds. The lowest BCUT2D eigenvalue weighted by Crippen LogP contribution is -2.34. The molecular weight excluding hydrogens is 572 g/mol. The molecule has 0 radical (unpaired) electrons. The van der Waals surface area contributed by atoms with Gasteiger partial charge in [0.15, 0.2) is 5.11 Å². The maximum Gasteiger partial charge on any atom is 0.341 e. The van der Waals surface area contributed by atoms with Gasteiger partial charge in [-0.15, -0.1) is 11.3 Å². The van der Waals surface area contributed by atoms with E-state index in [4.69, 9.17) is 21.7 Å². The Balaban J connectivity index is 1.67. The minimum absolute atomic E-state index is 0.133. The SMILES string of the molecule is CCCCCCOc1ccc(C(=O)NC(=S)Nc2sc3c(c2C(=O)OC)CCC(C(C)(C)C)C3)cc1Br. The van der Waals surface area contributed by atoms with Crippen molar-refractivity contribution >= 4 is 61.5 Å². The third kappa shape index (κ3) is 7.77. The standard InChI is InChI=1S/C28H37BrN2O4S2/c1-6-7-8-9-14-35-21-13-10-17(15-20(21)29)24(32)30-27(36)31-25-23(26(33)34-5)19-12-11-18(28(2,3)4)16-22(19)37-25/h10,13,15,18H,6-9,11-12,14,16H2,1-5H3,(H2,30,31,32,36). The molecule has 1 heterocycles. The van der Waals surface area contributed by atoms with Crippen molar-refractivity contribution in [1.29, 1.82) is 0 Å². The van der Waals surface area contributed by atoms with Crippen LogP contribution in [0.1, 0.15) is 91.0 Å². The van der Waals surface area contributed by atoms with E-state index in [9.17, 15) is 9.59 Å². The number of amides is 1. The van der Waals surface area contributed by atoms with E-state index in [-0.39, 0.29) is 16.4 Å². The van der Waals surface area contributed by atoms with E-state index in [1.165, 1.54) is 36.2 Å². The number of carbonyl (C=O) groups is 2. The highest BCUT2D eigenvalue weighted by molar-refractivity contribution is 9.10. The summed E-state index contributed by atoms with van der Waals surface area (Å²) in [5, 5.41) is 6.57. The van der Waals surface area contributed by atoms with Gasteiger partial charge >= 0.3 is 5.97 Å². The van der Waals surface area contributed by atoms with Crippen LogP contribution in [0.15, 0.2) is 22.7 Å². The fraction of sp³-hybridized carbons (Fsp3) is 0.536. The maximum absolute atomic E-state index is 12.9. The molecule has 2 aromatic rings. The monoisotopic (exact) mass is 608 g/mol. The zero-order valence-corrected chi connectivity index (χ0v) is 25.5. The number of thiocarbonyl (C=S) groups is 1. The number of benzene rings is 1. The van der Waals surface area contributed by atoms with Crippen molar-refractivity contribution in [3.05, 3.63) is 44.2 Å². The summed E-state index contributed by atoms with van der Waals surface area (Å²) in [6.45, 7) is 9.59. The summed E-state index contributed by atoms with van der Waals surface area (Å²) in [7, 11) is 1.38. The minimum atomic E-state index is -0.391. The van der Waals surface area contributed by atoms with Gasteiger partial charge in [0, 0.05) is 10.4 Å². The summed E-state index contributed by atoms with van der Waals surface area (Å²) in [5.41, 5.74) is 2.19. The number of esters is 1. The Hall–Kier alpha value is -1.97. The van der Waals surface area contributed by atoms with E-state index < -0.39 is 5.97 Å². The van der Waals surface area contributed by atoms with E-state index in [0.717, 1.165) is 37.7 Å². The summed E-state index contributed by atoms with van der Waals surface area (Å²) < 4.78 is 11.6. The van der Waals surface area contributed by atoms with E-state index in [2.05, 4.69) is 54.3 Å². The van der Waals surface area contributed by atoms with Crippen LogP contribution in [0.3, 0.4) is 0 Å². The van der Waals surface area contributed by atoms with Gasteiger partial charge in [-0.1, -0.05) is 47.0 Å². The van der Waals surface area contributed by atoms with Crippen molar-refractivity contribution in [2.45, 2.75) is 72.6 Å². The highest BCUT2D eigenvalue weighted by Gasteiger charge is 2.34. The van der Waals surface area contributed by atoms with E-state index >= 15 is 0 Å². The molecule has 1 aromatic carbocycles. The third-order valence-corrected chi connectivity index (χ3v) is 8.78. The Kier molecular flexibility index (Phi) is 10.6. The summed E-state index contributed by atoms with van der Waals surface area (Å²) in [6, 6.07) is 5.21. The zero-order valence-electron chi connectivity index (χ0n) is 22.3. The number of halogens is 1. The first-order chi connectivity index (χ1) is 17.5. The molecule has 9 heteroatoms. The van der Waals surface area contributed by atoms with Crippen molar-refractivity contribution in [1.82, 2.24) is 5.32 Å². The second-order valence-electron chi connectivity index (χ2n) is 10.5. The lowest BCUT2D eigenvalue weighted by atomic mass is 9.72. The smallest absolute Gasteiger partial charge is 0.341 e. The molecule has 2 N–H and O–H groups in total. The molecule has 0 saturated carbocycles. The third-order valence-electron chi connectivity index (χ3n) is 6.78. The van der Waals surface area contributed by atoms with Gasteiger partial charge in [-0.2, -0.15) is 0 Å². The minimum Gasteiger partial charge on any atom is -0.492 e. The number of methoxy groups -OCH3 is 1. The molecule has 1 aliphatic rings. The van der Waals surface area contributed by atoms with Crippen LogP contribution in [0, 0.1) is 11.3 Å². The first kappa shape index (κ1) is 29.6. The first-order valence-electron chi connectivity index (χ1n) is 12.8. The van der Waals surface area contributed by atoms with Crippen LogP contribution in [0.5, 0.6) is 5.75 Å². The quantitative estimate of drug-likeness (QED) is 0.174. The number of thiophene rings is 1. The van der Waals surface area contributed by atoms with E-state index in [1.807, 2.05) is 0 Å². The molecular formula is C28H37BrN2O4S2. The summed E-state index contributed by atoms with van der Waals surface area (Å²) in [5.74, 6) is 0.499. The van der Waals surface area contributed by atoms with Gasteiger partial charge in [0.1, 0.15) is 10.8 Å². The van der Waals surface area contributed by atoms with Crippen LogP contribution in [0.2, 0.25) is 0 Å². The molecule has 0 saturated heterocycles. The molecule has 3 rings (SSSR count). The predicted octanol–water partition coefficient (Wildman–Crippen LogP) is 7.53. The van der Waals surface area contributed by atoms with Crippen LogP contribution in [-0.4, -0.2) is 30.7 Å². The zero-order chi connectivity index (χ0) is 27.2. The van der Waals surface area contributed by atoms with Gasteiger partial charge in [0.05, 0.1) is 23.8 Å². The van der Waals surface area contributed by atoms with Crippen LogP contribution < -0.4 is 15.4 Å². The largest absolute Gasteiger partial charge is 0.492 e. The van der Waals surface area contributed by atoms with E-state index in [1.54, 1.807) is 18.2 Å². The van der Waals surface area contributed by atoms with Crippen molar-refractivity contribution in [3.8, 4) is 5.75 Å². The van der Waals surface area contributed by atoms with Gasteiger partial charge < -0.3 is 14.8 Å². The number of anilines is 1. The van der Waals surface area contributed by atoms with Gasteiger partial charge in [-0.05, 0) is 88.9 Å². The summed E-state index contributed by atoms with van der Waals surface area (Å²) >= 11 is 10.5. The lowest BCUT2D eigenvalue weighted by molar-refractivity contribution is 0.0600. The number of hydrogen-bond acceptors (Lipinski definition) is 6. The second-order valence-corrected chi connectivity index (χ2v) is 12.8. The average Bonchev–Trinajstić information content (AvgIpc) is 3.20. The topological polar surface area (TPSA) is 76.7 Å². The van der Waals surface area contributed by atoms with Crippen LogP contribution in [0.4, 0.5) is 5.00 Å². The molecule has 1 unspecified atom stereocenters. The Morgan fingerprint density at radius 2 is 1.97 bits per heavy atom. The molecule has 37 heavy (non-hydrogen) atoms. The first-order valence-corrected chi connectivity index (χ1v) is 14.8. The Bertz CT molecular complexity index is 1140. The van der Waals surface area contributed by atoms with Gasteiger partial charge in [0.25, 0.3) is 5.91 Å². The number of unbranched alkanes of at least 4 members (excludes halogenated alkanes) is 3. The molecule has 0 fully saturated rings. The Labute approximate surface area is 238 Å². The van der Waals surface area contributed by atoms with Crippen molar-refractivity contribution in [3.63, 3.8) is 0 Å². The van der Waals surface area contributed by atoms with Crippen molar-refractivity contribution in [2.75, 3.05) is 19.0 Å². The number of ether oxygens (including phenoxy) is 2. The number of hydrogen-bond donors (Lipinski definition) is 2. The number of carbonyl (C=O) groups excluding carboxylic acids is 2. The molecule has 0 spiro atoms. The van der Waals surface area contributed by atoms with Crippen LogP contribution in [0.25, 0.3) is 0 Å². The van der Waals surface area contributed by atoms with Crippen molar-refractivity contribution < 1.29 is 19.1 Å². The Morgan fingerprint density at radius 1 is 1.22 bits per heavy atom. The van der Waals surface area contributed by atoms with Crippen LogP contribution >= 0.6 is 39.5 Å². The highest BCUT2D eigenvalue weighted by Crippen LogP contribution is 2.44. The molecule has 0 bridgehead atoms. The normalized spacial score (nSPS) is 15.0. The van der Waals surface area contributed by atoms with Gasteiger partial charge in [-0.25, -0.2) is 4.79 Å². The second kappa shape index (κ2) is 13.2. The fourth-order valence-electron chi connectivity index (χ4n) is 4.51. The van der Waals surface area contributed by atoms with Crippen molar-refractivity contribution in [2.24, 2.45) is 11.3 Å². The predicted molar refractivity (Wildman–Crippen MR) is 158 cm³/mol. The van der Waals surface area contributed by atoms with Crippen LogP contribution in [-0.2, 0) is 17.6 Å². The average molecular weight is 610 g/mol. The molecule has 1 aliphatic carbocycles. The number of rotatable bonds is 9. The molecule has 202 valence electrons. The molecule has 0 aliphatic heterocycles. The number of fused-ring (bicyclic) bond motifs is 1. The lowest BCUT2D eigenvalue weighted by Gasteiger charge is -2.33. The molecule has 6 nitrogen and oxygen atoms in total. The summed E-state index contributed by atoms with van der Waals surface area (Å²) in [4.78, 5) is 26.7. The maximum atomic E-state index is 12.9. The van der Waals surface area contributed by atoms with Gasteiger partial charge in [-0.3, -0.25) is 10.1 Å². The van der Waals surface area contributed by atoms with Gasteiger partial charge in [0.2, 0.25) is 0 Å². The Morgan fingerprint density at radius 3 is 2.62 bits per heavy atom. The number of nitrogens with one attached hydrogen (secondary N) is 2. The fourth-order valence-corrected chi connectivity index (χ4v) is 6.58.